The maximum absolute atomic E-state index is 11.4. The van der Waals surface area contributed by atoms with Crippen molar-refractivity contribution in [3.63, 3.8) is 0 Å². The summed E-state index contributed by atoms with van der Waals surface area (Å²) in [6, 6.07) is 2.17. The Balaban J connectivity index is 3.10. The Morgan fingerprint density at radius 2 is 2.10 bits per heavy atom. The lowest BCUT2D eigenvalue weighted by Gasteiger charge is -2.35. The quantitative estimate of drug-likeness (QED) is 0.773. The summed E-state index contributed by atoms with van der Waals surface area (Å²) in [4.78, 5) is 14.8. The van der Waals surface area contributed by atoms with E-state index in [1.807, 2.05) is 0 Å². The van der Waals surface area contributed by atoms with Gasteiger partial charge < -0.3 is 11.5 Å². The van der Waals surface area contributed by atoms with Crippen LogP contribution in [0.3, 0.4) is 0 Å². The first-order valence-electron chi connectivity index (χ1n) is 7.18. The smallest absolute Gasteiger partial charge is 0.231 e. The van der Waals surface area contributed by atoms with Crippen molar-refractivity contribution in [1.82, 2.24) is 4.90 Å². The highest BCUT2D eigenvalue weighted by Gasteiger charge is 2.29. The van der Waals surface area contributed by atoms with Crippen molar-refractivity contribution in [2.24, 2.45) is 17.4 Å². The van der Waals surface area contributed by atoms with Crippen molar-refractivity contribution in [2.75, 3.05) is 13.1 Å². The van der Waals surface area contributed by atoms with Crippen LogP contribution in [0.15, 0.2) is 11.4 Å². The summed E-state index contributed by atoms with van der Waals surface area (Å²) < 4.78 is 0. The molecule has 4 nitrogen and oxygen atoms in total. The van der Waals surface area contributed by atoms with E-state index in [-0.39, 0.29) is 24.5 Å². The van der Waals surface area contributed by atoms with Crippen LogP contribution in [0.25, 0.3) is 0 Å². The molecule has 4 N–H and O–H groups in total. The zero-order valence-electron chi connectivity index (χ0n) is 12.9. The molecular weight excluding hydrogens is 270 g/mol. The average Bonchev–Trinajstić information content (AvgIpc) is 2.74. The minimum atomic E-state index is -0.298. The molecule has 0 bridgehead atoms. The molecule has 1 amide bonds. The normalized spacial score (nSPS) is 14.8. The molecule has 0 aliphatic rings. The Hall–Kier alpha value is -0.910. The number of hydrogen-bond acceptors (Lipinski definition) is 4. The number of amides is 1. The van der Waals surface area contributed by atoms with E-state index in [4.69, 9.17) is 11.5 Å². The van der Waals surface area contributed by atoms with Gasteiger partial charge in [-0.1, -0.05) is 20.8 Å². The molecular formula is C15H27N3OS. The van der Waals surface area contributed by atoms with Crippen molar-refractivity contribution in [1.29, 1.82) is 0 Å². The van der Waals surface area contributed by atoms with Crippen molar-refractivity contribution >= 4 is 17.2 Å². The number of rotatable bonds is 8. The molecule has 1 aromatic heterocycles. The van der Waals surface area contributed by atoms with E-state index in [1.54, 1.807) is 11.3 Å². The molecule has 0 aromatic carbocycles. The molecule has 114 valence electrons. The lowest BCUT2D eigenvalue weighted by atomic mass is 9.99. The van der Waals surface area contributed by atoms with Crippen LogP contribution < -0.4 is 11.5 Å². The SMILES string of the molecule is CCC(N)C(c1sccc1C)N(CC(N)=O)CC(C)C. The Kier molecular flexibility index (Phi) is 6.65. The fourth-order valence-electron chi connectivity index (χ4n) is 2.49. The van der Waals surface area contributed by atoms with Gasteiger partial charge in [0.15, 0.2) is 0 Å². The minimum Gasteiger partial charge on any atom is -0.369 e. The van der Waals surface area contributed by atoms with Crippen LogP contribution in [0.5, 0.6) is 0 Å². The van der Waals surface area contributed by atoms with Gasteiger partial charge in [-0.05, 0) is 36.3 Å². The van der Waals surface area contributed by atoms with Gasteiger partial charge in [0.05, 0.1) is 12.6 Å². The van der Waals surface area contributed by atoms with E-state index in [1.165, 1.54) is 10.4 Å². The minimum absolute atomic E-state index is 0.00505. The van der Waals surface area contributed by atoms with E-state index >= 15 is 0 Å². The topological polar surface area (TPSA) is 72.3 Å². The molecule has 0 aliphatic heterocycles. The van der Waals surface area contributed by atoms with Gasteiger partial charge in [0, 0.05) is 17.5 Å². The molecule has 5 heteroatoms. The number of carbonyl (C=O) groups excluding carboxylic acids is 1. The Labute approximate surface area is 126 Å². The predicted octanol–water partition coefficient (Wildman–Crippen LogP) is 2.28. The summed E-state index contributed by atoms with van der Waals surface area (Å²) in [6.07, 6.45) is 0.870. The molecule has 2 atom stereocenters. The van der Waals surface area contributed by atoms with Gasteiger partial charge in [0.2, 0.25) is 5.91 Å². The largest absolute Gasteiger partial charge is 0.369 e. The average molecular weight is 297 g/mol. The van der Waals surface area contributed by atoms with E-state index in [9.17, 15) is 4.79 Å². The van der Waals surface area contributed by atoms with E-state index < -0.39 is 0 Å². The first-order valence-corrected chi connectivity index (χ1v) is 8.06. The first kappa shape index (κ1) is 17.1. The third-order valence-electron chi connectivity index (χ3n) is 3.40. The van der Waals surface area contributed by atoms with E-state index in [2.05, 4.69) is 44.0 Å². The molecule has 2 unspecified atom stereocenters. The van der Waals surface area contributed by atoms with Crippen LogP contribution >= 0.6 is 11.3 Å². The lowest BCUT2D eigenvalue weighted by molar-refractivity contribution is -0.120. The first-order chi connectivity index (χ1) is 9.36. The highest BCUT2D eigenvalue weighted by Crippen LogP contribution is 2.32. The fraction of sp³-hybridized carbons (Fsp3) is 0.667. The highest BCUT2D eigenvalue weighted by molar-refractivity contribution is 7.10. The highest BCUT2D eigenvalue weighted by atomic mass is 32.1. The van der Waals surface area contributed by atoms with Gasteiger partial charge in [-0.15, -0.1) is 11.3 Å². The standard InChI is InChI=1S/C15H27N3OS/c1-5-12(16)14(15-11(4)6-7-20-15)18(8-10(2)3)9-13(17)19/h6-7,10,12,14H,5,8-9,16H2,1-4H3,(H2,17,19). The predicted molar refractivity (Wildman–Crippen MR) is 85.7 cm³/mol. The molecule has 0 radical (unpaired) electrons. The van der Waals surface area contributed by atoms with Crippen LogP contribution in [0.4, 0.5) is 0 Å². The molecule has 0 saturated carbocycles. The number of aryl methyl sites for hydroxylation is 1. The summed E-state index contributed by atoms with van der Waals surface area (Å²) in [6.45, 7) is 9.54. The molecule has 0 spiro atoms. The monoisotopic (exact) mass is 297 g/mol. The van der Waals surface area contributed by atoms with Gasteiger partial charge in [0.25, 0.3) is 0 Å². The van der Waals surface area contributed by atoms with E-state index in [0.717, 1.165) is 13.0 Å². The van der Waals surface area contributed by atoms with Crippen molar-refractivity contribution in [3.8, 4) is 0 Å². The summed E-state index contributed by atoms with van der Waals surface area (Å²) >= 11 is 1.71. The number of hydrogen-bond donors (Lipinski definition) is 2. The second kappa shape index (κ2) is 7.76. The third kappa shape index (κ3) is 4.58. The number of thiophene rings is 1. The van der Waals surface area contributed by atoms with Gasteiger partial charge in [-0.2, -0.15) is 0 Å². The lowest BCUT2D eigenvalue weighted by Crippen LogP contribution is -2.45. The van der Waals surface area contributed by atoms with Crippen LogP contribution in [-0.4, -0.2) is 29.9 Å². The number of primary amides is 1. The molecule has 1 rings (SSSR count). The third-order valence-corrected chi connectivity index (χ3v) is 4.49. The Morgan fingerprint density at radius 3 is 2.50 bits per heavy atom. The molecule has 20 heavy (non-hydrogen) atoms. The second-order valence-corrected chi connectivity index (χ2v) is 6.72. The Morgan fingerprint density at radius 1 is 1.45 bits per heavy atom. The van der Waals surface area contributed by atoms with E-state index in [0.29, 0.717) is 5.92 Å². The number of carbonyl (C=O) groups is 1. The van der Waals surface area contributed by atoms with Gasteiger partial charge in [0.1, 0.15) is 0 Å². The van der Waals surface area contributed by atoms with Gasteiger partial charge >= 0.3 is 0 Å². The van der Waals surface area contributed by atoms with Crippen molar-refractivity contribution in [2.45, 2.75) is 46.2 Å². The summed E-state index contributed by atoms with van der Waals surface area (Å²) in [5, 5.41) is 2.08. The maximum atomic E-state index is 11.4. The Bertz CT molecular complexity index is 431. The molecule has 0 aliphatic carbocycles. The van der Waals surface area contributed by atoms with Gasteiger partial charge in [-0.25, -0.2) is 0 Å². The van der Waals surface area contributed by atoms with Crippen molar-refractivity contribution < 1.29 is 4.79 Å². The van der Waals surface area contributed by atoms with Gasteiger partial charge in [-0.3, -0.25) is 9.69 Å². The molecule has 0 saturated heterocycles. The fourth-order valence-corrected chi connectivity index (χ4v) is 3.62. The number of nitrogens with zero attached hydrogens (tertiary/aromatic N) is 1. The van der Waals surface area contributed by atoms with Crippen LogP contribution in [0.1, 0.15) is 43.7 Å². The molecule has 0 fully saturated rings. The summed E-state index contributed by atoms with van der Waals surface area (Å²) in [5.74, 6) is 0.161. The number of nitrogens with two attached hydrogens (primary N) is 2. The van der Waals surface area contributed by atoms with Crippen LogP contribution in [-0.2, 0) is 4.79 Å². The van der Waals surface area contributed by atoms with Crippen LogP contribution in [0.2, 0.25) is 0 Å². The van der Waals surface area contributed by atoms with Crippen molar-refractivity contribution in [3.05, 3.63) is 21.9 Å². The zero-order chi connectivity index (χ0) is 15.3. The second-order valence-electron chi connectivity index (χ2n) is 5.77. The zero-order valence-corrected chi connectivity index (χ0v) is 13.7. The maximum Gasteiger partial charge on any atom is 0.231 e. The summed E-state index contributed by atoms with van der Waals surface area (Å²) in [5.41, 5.74) is 13.0. The molecule has 1 aromatic rings. The van der Waals surface area contributed by atoms with Crippen LogP contribution in [0, 0.1) is 12.8 Å². The molecule has 1 heterocycles. The summed E-state index contributed by atoms with van der Waals surface area (Å²) in [7, 11) is 0.